The lowest BCUT2D eigenvalue weighted by Crippen LogP contribution is -2.07. The van der Waals surface area contributed by atoms with Gasteiger partial charge in [0.2, 0.25) is 0 Å². The van der Waals surface area contributed by atoms with Crippen LogP contribution < -0.4 is 0 Å². The van der Waals surface area contributed by atoms with Gasteiger partial charge in [-0.25, -0.2) is 4.99 Å². The quantitative estimate of drug-likeness (QED) is 0.121. The van der Waals surface area contributed by atoms with E-state index >= 15 is 0 Å². The van der Waals surface area contributed by atoms with Gasteiger partial charge in [0.15, 0.2) is 5.84 Å². The second-order valence-electron chi connectivity index (χ2n) is 13.1. The monoisotopic (exact) mass is 657 g/mol. The van der Waals surface area contributed by atoms with Crippen molar-refractivity contribution in [1.29, 1.82) is 0 Å². The van der Waals surface area contributed by atoms with Gasteiger partial charge in [-0.05, 0) is 95.3 Å². The molecular formula is C48H39N3. The highest BCUT2D eigenvalue weighted by atomic mass is 15.0. The maximum atomic E-state index is 5.29. The van der Waals surface area contributed by atoms with Crippen LogP contribution in [0.1, 0.15) is 47.7 Å². The zero-order chi connectivity index (χ0) is 34.9. The smallest absolute Gasteiger partial charge is 0.155 e. The average molecular weight is 658 g/mol. The van der Waals surface area contributed by atoms with Gasteiger partial charge in [-0.1, -0.05) is 140 Å². The van der Waals surface area contributed by atoms with E-state index in [0.29, 0.717) is 5.84 Å². The van der Waals surface area contributed by atoms with E-state index in [9.17, 15) is 0 Å². The van der Waals surface area contributed by atoms with Crippen LogP contribution in [0.25, 0.3) is 55.5 Å². The van der Waals surface area contributed by atoms with Crippen LogP contribution in [-0.4, -0.2) is 16.1 Å². The van der Waals surface area contributed by atoms with Crippen LogP contribution in [0, 0.1) is 6.92 Å². The molecule has 0 aliphatic rings. The zero-order valence-electron chi connectivity index (χ0n) is 29.2. The Morgan fingerprint density at radius 1 is 0.627 bits per heavy atom. The second-order valence-corrected chi connectivity index (χ2v) is 13.1. The summed E-state index contributed by atoms with van der Waals surface area (Å²) < 4.78 is 2.35. The lowest BCUT2D eigenvalue weighted by molar-refractivity contribution is 0.818. The van der Waals surface area contributed by atoms with E-state index in [1.165, 1.54) is 43.7 Å². The molecule has 0 saturated carbocycles. The summed E-state index contributed by atoms with van der Waals surface area (Å²) in [5.74, 6) is 0.711. The van der Waals surface area contributed by atoms with Crippen molar-refractivity contribution >= 4 is 50.2 Å². The van der Waals surface area contributed by atoms with Gasteiger partial charge in [0.1, 0.15) is 0 Å². The predicted molar refractivity (Wildman–Crippen MR) is 219 cm³/mol. The van der Waals surface area contributed by atoms with Gasteiger partial charge < -0.3 is 4.57 Å². The van der Waals surface area contributed by atoms with Crippen LogP contribution in [0.15, 0.2) is 174 Å². The molecule has 3 nitrogen and oxygen atoms in total. The van der Waals surface area contributed by atoms with E-state index in [2.05, 4.69) is 184 Å². The summed E-state index contributed by atoms with van der Waals surface area (Å²) in [7, 11) is 0. The second kappa shape index (κ2) is 13.5. The Balaban J connectivity index is 1.23. The zero-order valence-corrected chi connectivity index (χ0v) is 29.2. The molecule has 8 aromatic rings. The first-order valence-corrected chi connectivity index (χ1v) is 17.5. The van der Waals surface area contributed by atoms with E-state index < -0.39 is 0 Å². The van der Waals surface area contributed by atoms with Gasteiger partial charge in [-0.3, -0.25) is 4.99 Å². The number of aromatic nitrogens is 1. The van der Waals surface area contributed by atoms with Crippen LogP contribution >= 0.6 is 0 Å². The normalized spacial score (nSPS) is 12.8. The van der Waals surface area contributed by atoms with Gasteiger partial charge >= 0.3 is 0 Å². The van der Waals surface area contributed by atoms with E-state index in [-0.39, 0.29) is 6.04 Å². The summed E-state index contributed by atoms with van der Waals surface area (Å²) in [6.45, 7) is 10.6. The minimum absolute atomic E-state index is 0.0745. The van der Waals surface area contributed by atoms with Crippen molar-refractivity contribution in [1.82, 2.24) is 4.57 Å². The highest BCUT2D eigenvalue weighted by molar-refractivity contribution is 6.13. The minimum Gasteiger partial charge on any atom is -0.309 e. The molecule has 1 heterocycles. The van der Waals surface area contributed by atoms with E-state index in [4.69, 9.17) is 9.98 Å². The third-order valence-corrected chi connectivity index (χ3v) is 9.92. The fourth-order valence-corrected chi connectivity index (χ4v) is 7.31. The molecule has 0 radical (unpaired) electrons. The first-order valence-electron chi connectivity index (χ1n) is 17.5. The first-order chi connectivity index (χ1) is 25.0. The Morgan fingerprint density at radius 3 is 1.98 bits per heavy atom. The molecule has 1 atom stereocenters. The summed E-state index contributed by atoms with van der Waals surface area (Å²) in [6, 6.07) is 55.7. The molecule has 3 heteroatoms. The Hall–Kier alpha value is -6.32. The number of aliphatic imine (C=N–C) groups is 2. The summed E-state index contributed by atoms with van der Waals surface area (Å²) in [4.78, 5) is 10.6. The summed E-state index contributed by atoms with van der Waals surface area (Å²) in [5.41, 5.74) is 12.2. The standard InChI is InChI=1S/C48H39N3/c1-5-40-42-21-10-9-18-36(42)26-29-43(40)41-28-27-38(30-32(41)2)48(49-33(3)35-16-7-6-8-17-35)50-34(4)37-19-15-20-39(31-37)51-46-24-13-11-22-44(46)45-23-12-14-25-47(45)51/h5-31,33H,1H2,2-4H3. The molecule has 0 aliphatic heterocycles. The SMILES string of the molecule is C=Cc1c(-c2ccc(C(N=C(C)c3cccc(-n4c5ccccc5c5ccccc54)c3)=NC(C)c3ccccc3)cc2C)ccc2ccccc12. The summed E-state index contributed by atoms with van der Waals surface area (Å²) in [5, 5.41) is 4.91. The molecule has 0 aliphatic carbocycles. The Bertz CT molecular complexity index is 2590. The predicted octanol–water partition coefficient (Wildman–Crippen LogP) is 12.6. The Kier molecular flexibility index (Phi) is 8.47. The molecule has 0 saturated heterocycles. The highest BCUT2D eigenvalue weighted by Crippen LogP contribution is 2.35. The molecule has 0 fully saturated rings. The van der Waals surface area contributed by atoms with Gasteiger partial charge in [0.25, 0.3) is 0 Å². The van der Waals surface area contributed by atoms with Gasteiger partial charge in [0, 0.05) is 27.7 Å². The number of hydrogen-bond acceptors (Lipinski definition) is 1. The first kappa shape index (κ1) is 31.9. The maximum absolute atomic E-state index is 5.29. The molecule has 246 valence electrons. The van der Waals surface area contributed by atoms with Crippen LogP contribution in [0.3, 0.4) is 0 Å². The maximum Gasteiger partial charge on any atom is 0.155 e. The molecule has 1 aromatic heterocycles. The number of nitrogens with zero attached hydrogens (tertiary/aromatic N) is 3. The summed E-state index contributed by atoms with van der Waals surface area (Å²) in [6.07, 6.45) is 1.97. The molecule has 1 unspecified atom stereocenters. The van der Waals surface area contributed by atoms with Gasteiger partial charge in [-0.15, -0.1) is 0 Å². The van der Waals surface area contributed by atoms with Crippen LogP contribution in [-0.2, 0) is 0 Å². The van der Waals surface area contributed by atoms with Gasteiger partial charge in [-0.2, -0.15) is 0 Å². The van der Waals surface area contributed by atoms with Crippen molar-refractivity contribution in [3.63, 3.8) is 0 Å². The van der Waals surface area contributed by atoms with Gasteiger partial charge in [0.05, 0.1) is 17.1 Å². The molecular weight excluding hydrogens is 619 g/mol. The van der Waals surface area contributed by atoms with Crippen molar-refractivity contribution in [2.24, 2.45) is 9.98 Å². The largest absolute Gasteiger partial charge is 0.309 e. The van der Waals surface area contributed by atoms with Crippen LogP contribution in [0.2, 0.25) is 0 Å². The van der Waals surface area contributed by atoms with Crippen LogP contribution in [0.5, 0.6) is 0 Å². The third kappa shape index (κ3) is 5.98. The minimum atomic E-state index is -0.0745. The lowest BCUT2D eigenvalue weighted by Gasteiger charge is -2.15. The number of benzene rings is 7. The third-order valence-electron chi connectivity index (χ3n) is 9.92. The molecule has 7 aromatic carbocycles. The summed E-state index contributed by atoms with van der Waals surface area (Å²) >= 11 is 0. The van der Waals surface area contributed by atoms with E-state index in [0.717, 1.165) is 39.2 Å². The molecule has 0 bridgehead atoms. The highest BCUT2D eigenvalue weighted by Gasteiger charge is 2.15. The van der Waals surface area contributed by atoms with Crippen molar-refractivity contribution < 1.29 is 0 Å². The number of rotatable bonds is 7. The molecule has 0 amide bonds. The number of para-hydroxylation sites is 2. The fourth-order valence-electron chi connectivity index (χ4n) is 7.31. The number of aryl methyl sites for hydroxylation is 1. The Morgan fingerprint density at radius 2 is 1.27 bits per heavy atom. The van der Waals surface area contributed by atoms with E-state index in [1.807, 2.05) is 12.1 Å². The Labute approximate surface area is 299 Å². The number of amidine groups is 1. The van der Waals surface area contributed by atoms with E-state index in [1.54, 1.807) is 0 Å². The molecule has 8 rings (SSSR count). The number of fused-ring (bicyclic) bond motifs is 4. The van der Waals surface area contributed by atoms with Crippen LogP contribution in [0.4, 0.5) is 0 Å². The van der Waals surface area contributed by atoms with Crippen molar-refractivity contribution in [3.05, 3.63) is 192 Å². The topological polar surface area (TPSA) is 29.6 Å². The molecule has 51 heavy (non-hydrogen) atoms. The average Bonchev–Trinajstić information content (AvgIpc) is 3.52. The van der Waals surface area contributed by atoms with Crippen molar-refractivity contribution in [2.45, 2.75) is 26.8 Å². The molecule has 0 N–H and O–H groups in total. The molecule has 0 spiro atoms. The lowest BCUT2D eigenvalue weighted by atomic mass is 9.91. The number of hydrogen-bond donors (Lipinski definition) is 0. The van der Waals surface area contributed by atoms with Crippen molar-refractivity contribution in [2.75, 3.05) is 0 Å². The van der Waals surface area contributed by atoms with Crippen molar-refractivity contribution in [3.8, 4) is 16.8 Å². The fraction of sp³-hybridized carbons (Fsp3) is 0.0833.